The highest BCUT2D eigenvalue weighted by Gasteiger charge is 2.24. The van der Waals surface area contributed by atoms with Gasteiger partial charge >= 0.3 is 0 Å². The molecule has 0 aliphatic carbocycles. The maximum absolute atomic E-state index is 12.7. The topological polar surface area (TPSA) is 67.6 Å². The maximum atomic E-state index is 12.7. The fraction of sp³-hybridized carbons (Fsp3) is 0.412. The lowest BCUT2D eigenvalue weighted by molar-refractivity contribution is 0.0655. The summed E-state index contributed by atoms with van der Waals surface area (Å²) in [5.41, 5.74) is 1.47. The molecule has 0 spiro atoms. The first-order chi connectivity index (χ1) is 11.5. The highest BCUT2D eigenvalue weighted by atomic mass is 79.9. The zero-order valence-electron chi connectivity index (χ0n) is 13.7. The summed E-state index contributed by atoms with van der Waals surface area (Å²) in [7, 11) is 0. The number of ether oxygens (including phenoxy) is 1. The number of piperazine rings is 1. The molecular weight excluding hydrogens is 374 g/mol. The van der Waals surface area contributed by atoms with Crippen LogP contribution in [-0.2, 0) is 6.61 Å². The van der Waals surface area contributed by atoms with E-state index in [1.807, 2.05) is 17.9 Å². The van der Waals surface area contributed by atoms with Gasteiger partial charge in [-0.15, -0.1) is 0 Å². The van der Waals surface area contributed by atoms with Crippen LogP contribution in [0.15, 0.2) is 33.3 Å². The summed E-state index contributed by atoms with van der Waals surface area (Å²) in [5.74, 6) is 1.37. The first-order valence-electron chi connectivity index (χ1n) is 7.91. The summed E-state index contributed by atoms with van der Waals surface area (Å²) in [6, 6.07) is 7.42. The summed E-state index contributed by atoms with van der Waals surface area (Å²) >= 11 is 3.48. The van der Waals surface area contributed by atoms with Crippen molar-refractivity contribution < 1.29 is 14.1 Å². The van der Waals surface area contributed by atoms with Gasteiger partial charge in [0.2, 0.25) is 0 Å². The number of hydrogen-bond acceptors (Lipinski definition) is 5. The molecule has 1 N–H and O–H groups in total. The molecule has 6 nitrogen and oxygen atoms in total. The number of aromatic nitrogens is 1. The molecule has 1 aliphatic rings. The third-order valence-electron chi connectivity index (χ3n) is 3.99. The van der Waals surface area contributed by atoms with Crippen molar-refractivity contribution in [2.24, 2.45) is 0 Å². The summed E-state index contributed by atoms with van der Waals surface area (Å²) in [4.78, 5) is 14.6. The van der Waals surface area contributed by atoms with E-state index in [4.69, 9.17) is 9.26 Å². The molecule has 1 saturated heterocycles. The molecule has 1 aromatic heterocycles. The minimum absolute atomic E-state index is 0.0436. The van der Waals surface area contributed by atoms with Crippen molar-refractivity contribution in [1.82, 2.24) is 15.4 Å². The molecular formula is C17H20BrN3O3. The third kappa shape index (κ3) is 3.79. The Morgan fingerprint density at radius 1 is 1.50 bits per heavy atom. The van der Waals surface area contributed by atoms with Gasteiger partial charge in [-0.25, -0.2) is 0 Å². The van der Waals surface area contributed by atoms with Gasteiger partial charge in [0, 0.05) is 37.3 Å². The Kier molecular flexibility index (Phi) is 5.20. The minimum Gasteiger partial charge on any atom is -0.484 e. The van der Waals surface area contributed by atoms with Crippen molar-refractivity contribution in [1.29, 1.82) is 0 Å². The van der Waals surface area contributed by atoms with Crippen LogP contribution in [0.25, 0.3) is 0 Å². The van der Waals surface area contributed by atoms with Gasteiger partial charge in [-0.3, -0.25) is 4.79 Å². The summed E-state index contributed by atoms with van der Waals surface area (Å²) < 4.78 is 11.6. The zero-order valence-corrected chi connectivity index (χ0v) is 15.3. The third-order valence-corrected chi connectivity index (χ3v) is 4.61. The van der Waals surface area contributed by atoms with E-state index in [-0.39, 0.29) is 11.9 Å². The fourth-order valence-electron chi connectivity index (χ4n) is 2.69. The highest BCUT2D eigenvalue weighted by Crippen LogP contribution is 2.27. The van der Waals surface area contributed by atoms with Crippen molar-refractivity contribution in [2.45, 2.75) is 26.5 Å². The van der Waals surface area contributed by atoms with Gasteiger partial charge in [-0.05, 0) is 48.0 Å². The number of aryl methyl sites for hydroxylation is 1. The van der Waals surface area contributed by atoms with Gasteiger partial charge in [0.25, 0.3) is 5.91 Å². The highest BCUT2D eigenvalue weighted by molar-refractivity contribution is 9.10. The predicted molar refractivity (Wildman–Crippen MR) is 93.1 cm³/mol. The van der Waals surface area contributed by atoms with Crippen molar-refractivity contribution in [3.8, 4) is 5.75 Å². The van der Waals surface area contributed by atoms with Gasteiger partial charge in [0.15, 0.2) is 5.76 Å². The molecule has 1 amide bonds. The lowest BCUT2D eigenvalue weighted by Gasteiger charge is -2.34. The fourth-order valence-corrected chi connectivity index (χ4v) is 3.19. The monoisotopic (exact) mass is 393 g/mol. The van der Waals surface area contributed by atoms with Crippen molar-refractivity contribution >= 4 is 21.8 Å². The second-order valence-corrected chi connectivity index (χ2v) is 6.77. The van der Waals surface area contributed by atoms with E-state index >= 15 is 0 Å². The molecule has 1 aromatic carbocycles. The second kappa shape index (κ2) is 7.36. The minimum atomic E-state index is 0.0436. The maximum Gasteiger partial charge on any atom is 0.254 e. The van der Waals surface area contributed by atoms with Gasteiger partial charge in [0.1, 0.15) is 12.4 Å². The van der Waals surface area contributed by atoms with Crippen LogP contribution in [0.3, 0.4) is 0 Å². The van der Waals surface area contributed by atoms with Crippen molar-refractivity contribution in [3.05, 3.63) is 45.8 Å². The van der Waals surface area contributed by atoms with E-state index in [1.54, 1.807) is 18.2 Å². The predicted octanol–water partition coefficient (Wildman–Crippen LogP) is 2.76. The second-order valence-electron chi connectivity index (χ2n) is 5.92. The average Bonchev–Trinajstić information content (AvgIpc) is 2.99. The van der Waals surface area contributed by atoms with Crippen LogP contribution >= 0.6 is 15.9 Å². The Morgan fingerprint density at radius 3 is 3.00 bits per heavy atom. The molecule has 24 heavy (non-hydrogen) atoms. The number of carbonyl (C=O) groups is 1. The number of nitrogens with one attached hydrogen (secondary N) is 1. The molecule has 3 rings (SSSR count). The van der Waals surface area contributed by atoms with Crippen molar-refractivity contribution in [3.63, 3.8) is 0 Å². The summed E-state index contributed by atoms with van der Waals surface area (Å²) in [6.07, 6.45) is 0. The van der Waals surface area contributed by atoms with Crippen molar-refractivity contribution in [2.75, 3.05) is 19.6 Å². The molecule has 0 bridgehead atoms. The van der Waals surface area contributed by atoms with E-state index < -0.39 is 0 Å². The first kappa shape index (κ1) is 17.0. The van der Waals surface area contributed by atoms with Gasteiger partial charge in [0.05, 0.1) is 10.2 Å². The van der Waals surface area contributed by atoms with E-state index in [1.165, 1.54) is 0 Å². The normalized spacial score (nSPS) is 17.8. The van der Waals surface area contributed by atoms with Gasteiger partial charge < -0.3 is 19.5 Å². The molecule has 0 saturated carbocycles. The number of rotatable bonds is 4. The van der Waals surface area contributed by atoms with E-state index in [9.17, 15) is 4.79 Å². The molecule has 0 radical (unpaired) electrons. The Balaban J connectivity index is 1.68. The molecule has 2 heterocycles. The number of hydrogen-bond donors (Lipinski definition) is 1. The quantitative estimate of drug-likeness (QED) is 0.864. The Bertz CT molecular complexity index is 732. The molecule has 128 valence electrons. The number of benzene rings is 1. The summed E-state index contributed by atoms with van der Waals surface area (Å²) in [5, 5.41) is 7.11. The average molecular weight is 394 g/mol. The van der Waals surface area contributed by atoms with Crippen LogP contribution in [0.5, 0.6) is 5.75 Å². The molecule has 1 atom stereocenters. The number of nitrogens with zero attached hydrogens (tertiary/aromatic N) is 2. The molecule has 7 heteroatoms. The Morgan fingerprint density at radius 2 is 2.33 bits per heavy atom. The van der Waals surface area contributed by atoms with Gasteiger partial charge in [-0.2, -0.15) is 0 Å². The largest absolute Gasteiger partial charge is 0.484 e. The molecule has 1 aliphatic heterocycles. The van der Waals surface area contributed by atoms with Crippen LogP contribution in [0, 0.1) is 6.92 Å². The van der Waals surface area contributed by atoms with Crippen LogP contribution in [0.1, 0.15) is 28.7 Å². The number of amides is 1. The SMILES string of the molecule is Cc1cc(COc2ccc(C(=O)N3CCNC[C@@H]3C)cc2Br)on1. The number of carbonyl (C=O) groups excluding carboxylic acids is 1. The standard InChI is InChI=1S/C17H20BrN3O3/c1-11-7-14(24-20-11)10-23-16-4-3-13(8-15(16)18)17(22)21-6-5-19-9-12(21)2/h3-4,7-8,12,19H,5-6,9-10H2,1-2H3/t12-/m0/s1. The van der Waals surface area contributed by atoms with Crippen LogP contribution in [0.4, 0.5) is 0 Å². The van der Waals surface area contributed by atoms with E-state index in [2.05, 4.69) is 33.3 Å². The number of halogens is 1. The Labute approximate surface area is 149 Å². The lowest BCUT2D eigenvalue weighted by Crippen LogP contribution is -2.52. The first-order valence-corrected chi connectivity index (χ1v) is 8.70. The van der Waals surface area contributed by atoms with Crippen LogP contribution < -0.4 is 10.1 Å². The lowest BCUT2D eigenvalue weighted by atomic mass is 10.1. The molecule has 1 fully saturated rings. The molecule has 0 unspecified atom stereocenters. The van der Waals surface area contributed by atoms with Crippen LogP contribution in [0.2, 0.25) is 0 Å². The van der Waals surface area contributed by atoms with E-state index in [0.717, 1.165) is 29.8 Å². The van der Waals surface area contributed by atoms with Gasteiger partial charge in [-0.1, -0.05) is 5.16 Å². The Hall–Kier alpha value is -1.86. The smallest absolute Gasteiger partial charge is 0.254 e. The molecule has 2 aromatic rings. The van der Waals surface area contributed by atoms with Crippen LogP contribution in [-0.4, -0.2) is 41.6 Å². The van der Waals surface area contributed by atoms with E-state index in [0.29, 0.717) is 23.7 Å². The zero-order chi connectivity index (χ0) is 17.1. The summed E-state index contributed by atoms with van der Waals surface area (Å²) in [6.45, 7) is 6.58.